The van der Waals surface area contributed by atoms with E-state index >= 15 is 0 Å². The molecule has 1 aromatic heterocycles. The number of hydrogen-bond donors (Lipinski definition) is 2. The lowest BCUT2D eigenvalue weighted by atomic mass is 10.1. The van der Waals surface area contributed by atoms with Gasteiger partial charge in [0.05, 0.1) is 23.7 Å². The van der Waals surface area contributed by atoms with Crippen LogP contribution in [0, 0.1) is 0 Å². The van der Waals surface area contributed by atoms with Crippen LogP contribution < -0.4 is 15.6 Å². The first-order valence-electron chi connectivity index (χ1n) is 8.34. The predicted molar refractivity (Wildman–Crippen MR) is 107 cm³/mol. The molecule has 0 saturated carbocycles. The van der Waals surface area contributed by atoms with Gasteiger partial charge in [0.25, 0.3) is 5.56 Å². The van der Waals surface area contributed by atoms with Crippen molar-refractivity contribution in [3.63, 3.8) is 0 Å². The van der Waals surface area contributed by atoms with E-state index < -0.39 is 5.25 Å². The van der Waals surface area contributed by atoms with Gasteiger partial charge in [0.2, 0.25) is 5.91 Å². The van der Waals surface area contributed by atoms with Gasteiger partial charge in [0.1, 0.15) is 5.75 Å². The first kappa shape index (κ1) is 18.7. The number of benzene rings is 2. The van der Waals surface area contributed by atoms with Crippen molar-refractivity contribution in [3.8, 4) is 17.0 Å². The zero-order valence-electron chi connectivity index (χ0n) is 14.9. The molecule has 1 amide bonds. The number of rotatable bonds is 6. The van der Waals surface area contributed by atoms with Gasteiger partial charge in [0, 0.05) is 11.6 Å². The van der Waals surface area contributed by atoms with Gasteiger partial charge in [-0.2, -0.15) is 0 Å². The average molecular weight is 381 g/mol. The molecule has 3 rings (SSSR count). The summed E-state index contributed by atoms with van der Waals surface area (Å²) < 4.78 is 5.24. The van der Waals surface area contributed by atoms with Crippen molar-refractivity contribution in [2.45, 2.75) is 17.3 Å². The predicted octanol–water partition coefficient (Wildman–Crippen LogP) is 3.56. The summed E-state index contributed by atoms with van der Waals surface area (Å²) in [6.45, 7) is 1.75. The molecule has 0 aliphatic rings. The molecular weight excluding hydrogens is 362 g/mol. The summed E-state index contributed by atoms with van der Waals surface area (Å²) in [5.41, 5.74) is 1.75. The van der Waals surface area contributed by atoms with Crippen LogP contribution in [0.5, 0.6) is 5.75 Å². The highest BCUT2D eigenvalue weighted by Gasteiger charge is 2.18. The Kier molecular flexibility index (Phi) is 5.93. The minimum atomic E-state index is -0.468. The maximum atomic E-state index is 12.5. The fraction of sp³-hybridized carbons (Fsp3) is 0.150. The van der Waals surface area contributed by atoms with Crippen LogP contribution in [0.4, 0.5) is 5.69 Å². The number of thioether (sulfide) groups is 1. The Balaban J connectivity index is 1.75. The number of carbonyl (C=O) groups excluding carboxylic acids is 1. The number of nitrogens with zero attached hydrogens (tertiary/aromatic N) is 1. The highest BCUT2D eigenvalue weighted by Crippen LogP contribution is 2.26. The molecule has 7 heteroatoms. The summed E-state index contributed by atoms with van der Waals surface area (Å²) in [5.74, 6) is 0.373. The molecule has 0 fully saturated rings. The van der Waals surface area contributed by atoms with Crippen LogP contribution in [0.1, 0.15) is 6.92 Å². The third kappa shape index (κ3) is 4.77. The molecule has 2 N–H and O–H groups in total. The molecule has 0 spiro atoms. The van der Waals surface area contributed by atoms with Crippen molar-refractivity contribution in [1.29, 1.82) is 0 Å². The van der Waals surface area contributed by atoms with E-state index in [-0.39, 0.29) is 11.5 Å². The Labute approximate surface area is 161 Å². The number of aromatic nitrogens is 2. The van der Waals surface area contributed by atoms with Gasteiger partial charge in [-0.15, -0.1) is 0 Å². The Bertz CT molecular complexity index is 989. The monoisotopic (exact) mass is 381 g/mol. The summed E-state index contributed by atoms with van der Waals surface area (Å²) in [6.07, 6.45) is 0. The number of methoxy groups -OCH3 is 1. The van der Waals surface area contributed by atoms with Crippen LogP contribution in [0.25, 0.3) is 11.3 Å². The van der Waals surface area contributed by atoms with Gasteiger partial charge < -0.3 is 15.0 Å². The Morgan fingerprint density at radius 1 is 1.15 bits per heavy atom. The van der Waals surface area contributed by atoms with Crippen LogP contribution in [0.2, 0.25) is 0 Å². The van der Waals surface area contributed by atoms with E-state index in [0.29, 0.717) is 22.3 Å². The molecule has 2 aromatic carbocycles. The maximum absolute atomic E-state index is 12.5. The van der Waals surface area contributed by atoms with Gasteiger partial charge in [-0.3, -0.25) is 9.59 Å². The first-order chi connectivity index (χ1) is 13.1. The molecule has 0 saturated heterocycles. The molecule has 0 aliphatic heterocycles. The second-order valence-corrected chi connectivity index (χ2v) is 7.08. The second-order valence-electron chi connectivity index (χ2n) is 5.75. The quantitative estimate of drug-likeness (QED) is 0.504. The van der Waals surface area contributed by atoms with Crippen LogP contribution in [-0.2, 0) is 4.79 Å². The molecule has 0 radical (unpaired) electrons. The average Bonchev–Trinajstić information content (AvgIpc) is 2.68. The van der Waals surface area contributed by atoms with Gasteiger partial charge in [-0.05, 0) is 19.1 Å². The van der Waals surface area contributed by atoms with Crippen molar-refractivity contribution in [2.75, 3.05) is 12.4 Å². The highest BCUT2D eigenvalue weighted by molar-refractivity contribution is 8.00. The van der Waals surface area contributed by atoms with Crippen LogP contribution >= 0.6 is 11.8 Å². The zero-order chi connectivity index (χ0) is 19.2. The zero-order valence-corrected chi connectivity index (χ0v) is 15.7. The van der Waals surface area contributed by atoms with E-state index in [4.69, 9.17) is 4.74 Å². The normalized spacial score (nSPS) is 11.6. The van der Waals surface area contributed by atoms with E-state index in [1.807, 2.05) is 42.5 Å². The molecule has 6 nitrogen and oxygen atoms in total. The van der Waals surface area contributed by atoms with Gasteiger partial charge in [-0.25, -0.2) is 4.98 Å². The maximum Gasteiger partial charge on any atom is 0.252 e. The topological polar surface area (TPSA) is 84.1 Å². The van der Waals surface area contributed by atoms with Crippen molar-refractivity contribution >= 4 is 23.4 Å². The summed E-state index contributed by atoms with van der Waals surface area (Å²) in [7, 11) is 1.55. The van der Waals surface area contributed by atoms with Crippen LogP contribution in [-0.4, -0.2) is 28.2 Å². The third-order valence-electron chi connectivity index (χ3n) is 3.81. The summed E-state index contributed by atoms with van der Waals surface area (Å²) >= 11 is 1.19. The molecule has 27 heavy (non-hydrogen) atoms. The molecule has 0 unspecified atom stereocenters. The molecule has 1 atom stereocenters. The van der Waals surface area contributed by atoms with Gasteiger partial charge in [0.15, 0.2) is 5.16 Å². The van der Waals surface area contributed by atoms with Crippen LogP contribution in [0.15, 0.2) is 70.6 Å². The van der Waals surface area contributed by atoms with Crippen molar-refractivity contribution in [3.05, 3.63) is 71.0 Å². The largest absolute Gasteiger partial charge is 0.495 e. The smallest absolute Gasteiger partial charge is 0.252 e. The molecule has 1 heterocycles. The van der Waals surface area contributed by atoms with Crippen molar-refractivity contribution in [1.82, 2.24) is 9.97 Å². The standard InChI is InChI=1S/C20H19N3O3S/c1-13(19(25)21-15-10-6-7-11-17(15)26-2)27-20-22-16(12-18(24)23-20)14-8-4-3-5-9-14/h3-13H,1-2H3,(H,21,25)(H,22,23,24)/t13-/m1/s1. The van der Waals surface area contributed by atoms with E-state index in [0.717, 1.165) is 5.56 Å². The molecule has 0 bridgehead atoms. The van der Waals surface area contributed by atoms with E-state index in [2.05, 4.69) is 15.3 Å². The first-order valence-corrected chi connectivity index (χ1v) is 9.22. The minimum Gasteiger partial charge on any atom is -0.495 e. The second kappa shape index (κ2) is 8.55. The number of hydrogen-bond acceptors (Lipinski definition) is 5. The van der Waals surface area contributed by atoms with Gasteiger partial charge >= 0.3 is 0 Å². The Morgan fingerprint density at radius 2 is 1.85 bits per heavy atom. The lowest BCUT2D eigenvalue weighted by molar-refractivity contribution is -0.115. The van der Waals surface area contributed by atoms with E-state index in [1.54, 1.807) is 26.2 Å². The Hall–Kier alpha value is -3.06. The SMILES string of the molecule is COc1ccccc1NC(=O)[C@@H](C)Sc1nc(-c2ccccc2)cc(=O)[nH]1. The van der Waals surface area contributed by atoms with Crippen molar-refractivity contribution in [2.24, 2.45) is 0 Å². The molecule has 3 aromatic rings. The number of ether oxygens (including phenoxy) is 1. The molecular formula is C20H19N3O3S. The lowest BCUT2D eigenvalue weighted by Crippen LogP contribution is -2.23. The fourth-order valence-electron chi connectivity index (χ4n) is 2.45. The highest BCUT2D eigenvalue weighted by atomic mass is 32.2. The molecule has 0 aliphatic carbocycles. The number of para-hydroxylation sites is 2. The van der Waals surface area contributed by atoms with Crippen LogP contribution in [0.3, 0.4) is 0 Å². The third-order valence-corrected chi connectivity index (χ3v) is 4.80. The summed E-state index contributed by atoms with van der Waals surface area (Å²) in [6, 6.07) is 18.1. The molecule has 138 valence electrons. The summed E-state index contributed by atoms with van der Waals surface area (Å²) in [4.78, 5) is 31.7. The van der Waals surface area contributed by atoms with Gasteiger partial charge in [-0.1, -0.05) is 54.2 Å². The number of aromatic amines is 1. The number of amides is 1. The number of anilines is 1. The fourth-order valence-corrected chi connectivity index (χ4v) is 3.26. The Morgan fingerprint density at radius 3 is 2.59 bits per heavy atom. The van der Waals surface area contributed by atoms with E-state index in [1.165, 1.54) is 17.8 Å². The number of carbonyl (C=O) groups is 1. The number of H-pyrrole nitrogens is 1. The summed E-state index contributed by atoms with van der Waals surface area (Å²) in [5, 5.41) is 2.76. The van der Waals surface area contributed by atoms with E-state index in [9.17, 15) is 9.59 Å². The lowest BCUT2D eigenvalue weighted by Gasteiger charge is -2.14. The number of nitrogens with one attached hydrogen (secondary N) is 2. The minimum absolute atomic E-state index is 0.211. The van der Waals surface area contributed by atoms with Crippen molar-refractivity contribution < 1.29 is 9.53 Å².